The van der Waals surface area contributed by atoms with Gasteiger partial charge in [0, 0.05) is 26.2 Å². The summed E-state index contributed by atoms with van der Waals surface area (Å²) in [7, 11) is 6.27. The van der Waals surface area contributed by atoms with Crippen molar-refractivity contribution in [2.24, 2.45) is 11.7 Å². The van der Waals surface area contributed by atoms with Crippen LogP contribution in [0.5, 0.6) is 0 Å². The molecule has 1 heterocycles. The third-order valence-corrected chi connectivity index (χ3v) is 5.00. The topological polar surface area (TPSA) is 41.7 Å². The summed E-state index contributed by atoms with van der Waals surface area (Å²) >= 11 is 0. The van der Waals surface area contributed by atoms with Gasteiger partial charge >= 0.3 is 0 Å². The van der Waals surface area contributed by atoms with Crippen LogP contribution >= 0.6 is 0 Å². The second-order valence-electron chi connectivity index (χ2n) is 6.17. The van der Waals surface area contributed by atoms with Crippen LogP contribution in [0.1, 0.15) is 25.7 Å². The van der Waals surface area contributed by atoms with Crippen molar-refractivity contribution in [3.8, 4) is 0 Å². The van der Waals surface area contributed by atoms with Gasteiger partial charge in [0.25, 0.3) is 0 Å². The number of nitrogens with two attached hydrogens (primary N) is 1. The highest BCUT2D eigenvalue weighted by molar-refractivity contribution is 5.03. The second kappa shape index (κ2) is 5.87. The van der Waals surface area contributed by atoms with Gasteiger partial charge in [-0.3, -0.25) is 4.90 Å². The summed E-state index contributed by atoms with van der Waals surface area (Å²) in [6.07, 6.45) is 5.27. The molecule has 0 aromatic heterocycles. The highest BCUT2D eigenvalue weighted by Gasteiger charge is 2.47. The molecule has 106 valence electrons. The quantitative estimate of drug-likeness (QED) is 0.729. The van der Waals surface area contributed by atoms with Crippen LogP contribution in [-0.2, 0) is 4.74 Å². The molecule has 18 heavy (non-hydrogen) atoms. The number of ether oxygens (including phenoxy) is 1. The fourth-order valence-electron chi connectivity index (χ4n) is 3.50. The molecule has 0 bridgehead atoms. The van der Waals surface area contributed by atoms with Gasteiger partial charge in [0.2, 0.25) is 0 Å². The third-order valence-electron chi connectivity index (χ3n) is 5.00. The number of rotatable bonds is 7. The highest BCUT2D eigenvalue weighted by atomic mass is 16.5. The lowest BCUT2D eigenvalue weighted by Gasteiger charge is -2.43. The first-order chi connectivity index (χ1) is 8.64. The Labute approximate surface area is 111 Å². The van der Waals surface area contributed by atoms with Gasteiger partial charge in [-0.15, -0.1) is 0 Å². The Bertz CT molecular complexity index is 270. The zero-order valence-electron chi connectivity index (χ0n) is 12.2. The number of likely N-dealkylation sites (tertiary alicyclic amines) is 1. The van der Waals surface area contributed by atoms with Crippen molar-refractivity contribution < 1.29 is 4.74 Å². The number of hydrogen-bond acceptors (Lipinski definition) is 4. The molecule has 2 unspecified atom stereocenters. The van der Waals surface area contributed by atoms with Crippen LogP contribution in [-0.4, -0.2) is 68.8 Å². The summed E-state index contributed by atoms with van der Waals surface area (Å²) in [5.41, 5.74) is 6.18. The van der Waals surface area contributed by atoms with E-state index >= 15 is 0 Å². The zero-order chi connectivity index (χ0) is 13.2. The minimum Gasteiger partial charge on any atom is -0.383 e. The van der Waals surface area contributed by atoms with E-state index in [1.807, 2.05) is 0 Å². The summed E-state index contributed by atoms with van der Waals surface area (Å²) < 4.78 is 5.48. The largest absolute Gasteiger partial charge is 0.383 e. The Hall–Kier alpha value is -0.160. The van der Waals surface area contributed by atoms with Gasteiger partial charge in [-0.05, 0) is 52.2 Å². The maximum absolute atomic E-state index is 6.11. The SMILES string of the molecule is COCC(CN)(C1CC1)N(C)CC1CCCN1C. The van der Waals surface area contributed by atoms with Gasteiger partial charge in [0.1, 0.15) is 0 Å². The number of likely N-dealkylation sites (N-methyl/N-ethyl adjacent to an activating group) is 2. The minimum atomic E-state index is 0.0676. The van der Waals surface area contributed by atoms with Crippen LogP contribution in [0, 0.1) is 5.92 Å². The van der Waals surface area contributed by atoms with Gasteiger partial charge in [0.15, 0.2) is 0 Å². The first-order valence-corrected chi connectivity index (χ1v) is 7.24. The van der Waals surface area contributed by atoms with Crippen LogP contribution < -0.4 is 5.73 Å². The molecule has 2 atom stereocenters. The fourth-order valence-corrected chi connectivity index (χ4v) is 3.50. The lowest BCUT2D eigenvalue weighted by molar-refractivity contribution is 0.00492. The summed E-state index contributed by atoms with van der Waals surface area (Å²) in [5.74, 6) is 0.735. The molecular formula is C14H29N3O. The molecule has 4 nitrogen and oxygen atoms in total. The predicted molar refractivity (Wildman–Crippen MR) is 74.7 cm³/mol. The van der Waals surface area contributed by atoms with E-state index in [1.54, 1.807) is 7.11 Å². The first kappa shape index (κ1) is 14.3. The fraction of sp³-hybridized carbons (Fsp3) is 1.00. The molecule has 2 rings (SSSR count). The molecule has 0 aromatic carbocycles. The molecule has 0 radical (unpaired) electrons. The Morgan fingerprint density at radius 2 is 2.11 bits per heavy atom. The van der Waals surface area contributed by atoms with E-state index in [4.69, 9.17) is 10.5 Å². The van der Waals surface area contributed by atoms with Crippen molar-refractivity contribution in [1.29, 1.82) is 0 Å². The van der Waals surface area contributed by atoms with Crippen LogP contribution in [0.25, 0.3) is 0 Å². The molecule has 0 spiro atoms. The summed E-state index contributed by atoms with van der Waals surface area (Å²) in [5, 5.41) is 0. The van der Waals surface area contributed by atoms with E-state index < -0.39 is 0 Å². The molecule has 2 N–H and O–H groups in total. The first-order valence-electron chi connectivity index (χ1n) is 7.24. The monoisotopic (exact) mass is 255 g/mol. The standard InChI is InChI=1S/C14H29N3O/c1-16-8-4-5-13(16)9-17(2)14(10-15,11-18-3)12-6-7-12/h12-13H,4-11,15H2,1-3H3. The van der Waals surface area contributed by atoms with Gasteiger partial charge in [0.05, 0.1) is 12.1 Å². The van der Waals surface area contributed by atoms with Crippen molar-refractivity contribution in [3.05, 3.63) is 0 Å². The lowest BCUT2D eigenvalue weighted by Crippen LogP contribution is -2.59. The molecule has 4 heteroatoms. The van der Waals surface area contributed by atoms with E-state index in [0.29, 0.717) is 12.6 Å². The van der Waals surface area contributed by atoms with Crippen LogP contribution in [0.2, 0.25) is 0 Å². The molecule has 1 aliphatic heterocycles. The second-order valence-corrected chi connectivity index (χ2v) is 6.17. The normalized spacial score (nSPS) is 28.8. The van der Waals surface area contributed by atoms with Crippen molar-refractivity contribution in [2.75, 3.05) is 47.4 Å². The van der Waals surface area contributed by atoms with Crippen LogP contribution in [0.15, 0.2) is 0 Å². The maximum Gasteiger partial charge on any atom is 0.0661 e. The van der Waals surface area contributed by atoms with Crippen molar-refractivity contribution in [1.82, 2.24) is 9.80 Å². The summed E-state index contributed by atoms with van der Waals surface area (Å²) in [4.78, 5) is 4.97. The Kier molecular flexibility index (Phi) is 4.64. The molecule has 1 saturated carbocycles. The molecule has 1 saturated heterocycles. The molecule has 1 aliphatic carbocycles. The van der Waals surface area contributed by atoms with Gasteiger partial charge in [-0.2, -0.15) is 0 Å². The third kappa shape index (κ3) is 2.72. The molecular weight excluding hydrogens is 226 g/mol. The van der Waals surface area contributed by atoms with Crippen LogP contribution in [0.4, 0.5) is 0 Å². The van der Waals surface area contributed by atoms with Gasteiger partial charge in [-0.25, -0.2) is 0 Å². The maximum atomic E-state index is 6.11. The molecule has 0 amide bonds. The number of methoxy groups -OCH3 is 1. The van der Waals surface area contributed by atoms with E-state index in [1.165, 1.54) is 32.2 Å². The Morgan fingerprint density at radius 1 is 1.39 bits per heavy atom. The lowest BCUT2D eigenvalue weighted by atomic mass is 9.91. The van der Waals surface area contributed by atoms with Crippen molar-refractivity contribution in [2.45, 2.75) is 37.3 Å². The van der Waals surface area contributed by atoms with E-state index in [-0.39, 0.29) is 5.54 Å². The van der Waals surface area contributed by atoms with Crippen LogP contribution in [0.3, 0.4) is 0 Å². The van der Waals surface area contributed by atoms with Crippen molar-refractivity contribution >= 4 is 0 Å². The zero-order valence-corrected chi connectivity index (χ0v) is 12.2. The van der Waals surface area contributed by atoms with Gasteiger partial charge < -0.3 is 15.4 Å². The van der Waals surface area contributed by atoms with E-state index in [9.17, 15) is 0 Å². The summed E-state index contributed by atoms with van der Waals surface area (Å²) in [6.45, 7) is 3.83. The Balaban J connectivity index is 2.00. The number of hydrogen-bond donors (Lipinski definition) is 1. The predicted octanol–water partition coefficient (Wildman–Crippen LogP) is 0.766. The number of nitrogens with zero attached hydrogens (tertiary/aromatic N) is 2. The smallest absolute Gasteiger partial charge is 0.0661 e. The molecule has 0 aromatic rings. The van der Waals surface area contributed by atoms with Gasteiger partial charge in [-0.1, -0.05) is 0 Å². The van der Waals surface area contributed by atoms with E-state index in [0.717, 1.165) is 19.1 Å². The average molecular weight is 255 g/mol. The highest BCUT2D eigenvalue weighted by Crippen LogP contribution is 2.42. The molecule has 2 fully saturated rings. The summed E-state index contributed by atoms with van der Waals surface area (Å²) in [6, 6.07) is 0.691. The van der Waals surface area contributed by atoms with E-state index in [2.05, 4.69) is 23.9 Å². The minimum absolute atomic E-state index is 0.0676. The van der Waals surface area contributed by atoms with Crippen molar-refractivity contribution in [3.63, 3.8) is 0 Å². The Morgan fingerprint density at radius 3 is 2.56 bits per heavy atom. The average Bonchev–Trinajstić information content (AvgIpc) is 3.13. The molecule has 2 aliphatic rings.